The zero-order chi connectivity index (χ0) is 58.3. The van der Waals surface area contributed by atoms with Gasteiger partial charge in [0.2, 0.25) is 17.7 Å². The lowest BCUT2D eigenvalue weighted by molar-refractivity contribution is -0.395. The van der Waals surface area contributed by atoms with Crippen molar-refractivity contribution in [1.29, 1.82) is 0 Å². The first-order valence-electron chi connectivity index (χ1n) is 25.3. The number of ether oxygens (including phenoxy) is 12. The molecule has 0 bridgehead atoms. The Morgan fingerprint density at radius 1 is 0.354 bits per heavy atom. The third kappa shape index (κ3) is 14.8. The van der Waals surface area contributed by atoms with Crippen molar-refractivity contribution in [2.45, 2.75) is 205 Å². The first-order chi connectivity index (χ1) is 37.5. The summed E-state index contributed by atoms with van der Waals surface area (Å²) < 4.78 is 69.9. The predicted octanol–water partition coefficient (Wildman–Crippen LogP) is -13.7. The number of nitrogens with two attached hydrogens (primary N) is 1. The summed E-state index contributed by atoms with van der Waals surface area (Å²) in [5, 5.41) is 181. The molecule has 30 atom stereocenters. The van der Waals surface area contributed by atoms with E-state index in [4.69, 9.17) is 62.6 Å². The van der Waals surface area contributed by atoms with Crippen molar-refractivity contribution in [3.8, 4) is 0 Å². The van der Waals surface area contributed by atoms with Gasteiger partial charge in [-0.2, -0.15) is 0 Å². The minimum atomic E-state index is -2.27. The van der Waals surface area contributed by atoms with E-state index in [1.54, 1.807) is 0 Å². The van der Waals surface area contributed by atoms with Gasteiger partial charge in [0.1, 0.15) is 146 Å². The molecule has 0 spiro atoms. The van der Waals surface area contributed by atoms with Gasteiger partial charge in [-0.3, -0.25) is 14.4 Å². The van der Waals surface area contributed by atoms with Gasteiger partial charge in [0.15, 0.2) is 37.7 Å². The molecule has 0 saturated carbocycles. The van der Waals surface area contributed by atoms with Crippen molar-refractivity contribution in [2.24, 2.45) is 5.73 Å². The van der Waals surface area contributed by atoms with Gasteiger partial charge >= 0.3 is 0 Å². The van der Waals surface area contributed by atoms with E-state index in [0.717, 1.165) is 20.8 Å². The minimum Gasteiger partial charge on any atom is -0.394 e. The van der Waals surface area contributed by atoms with Crippen LogP contribution in [0.4, 0.5) is 0 Å². The van der Waals surface area contributed by atoms with Crippen molar-refractivity contribution < 1.29 is 153 Å². The van der Waals surface area contributed by atoms with Crippen molar-refractivity contribution in [3.05, 3.63) is 0 Å². The highest BCUT2D eigenvalue weighted by Crippen LogP contribution is 2.37. The second-order valence-corrected chi connectivity index (χ2v) is 19.6. The number of rotatable bonds is 22. The molecule has 6 fully saturated rings. The monoisotopic (exact) mass is 1160 g/mol. The number of hydrogen-bond acceptors (Lipinski definition) is 32. The molecule has 0 aliphatic carbocycles. The molecule has 6 heterocycles. The number of nitrogens with one attached hydrogen (secondary N) is 3. The van der Waals surface area contributed by atoms with E-state index in [2.05, 4.69) is 16.0 Å². The summed E-state index contributed by atoms with van der Waals surface area (Å²) in [6.07, 6.45) is -50.7. The second kappa shape index (κ2) is 29.2. The molecule has 458 valence electrons. The highest BCUT2D eigenvalue weighted by atomic mass is 16.8. The van der Waals surface area contributed by atoms with Crippen LogP contribution in [0.2, 0.25) is 0 Å². The Labute approximate surface area is 449 Å². The highest BCUT2D eigenvalue weighted by Gasteiger charge is 2.58. The molecule has 21 N–H and O–H groups in total. The smallest absolute Gasteiger partial charge is 0.217 e. The fourth-order valence-corrected chi connectivity index (χ4v) is 10.0. The number of amides is 3. The Morgan fingerprint density at radius 2 is 0.671 bits per heavy atom. The summed E-state index contributed by atoms with van der Waals surface area (Å²) in [5.74, 6) is -2.29. The Balaban J connectivity index is 1.24. The lowest BCUT2D eigenvalue weighted by Gasteiger charge is -2.51. The summed E-state index contributed by atoms with van der Waals surface area (Å²) in [4.78, 5) is 37.4. The normalized spacial score (nSPS) is 46.8. The van der Waals surface area contributed by atoms with Crippen LogP contribution in [0, 0.1) is 0 Å². The van der Waals surface area contributed by atoms with E-state index in [0.29, 0.717) is 0 Å². The zero-order valence-electron chi connectivity index (χ0n) is 42.8. The van der Waals surface area contributed by atoms with Crippen LogP contribution in [0.5, 0.6) is 0 Å². The summed E-state index contributed by atoms with van der Waals surface area (Å²) in [6.45, 7) is -2.72. The number of carbonyl (C=O) groups is 3. The number of carbonyl (C=O) groups excluding carboxylic acids is 3. The molecule has 6 rings (SSSR count). The Bertz CT molecular complexity index is 1920. The summed E-state index contributed by atoms with van der Waals surface area (Å²) >= 11 is 0. The van der Waals surface area contributed by atoms with Crippen molar-refractivity contribution >= 4 is 17.7 Å². The van der Waals surface area contributed by atoms with Gasteiger partial charge in [-0.25, -0.2) is 0 Å². The predicted molar refractivity (Wildman–Crippen MR) is 247 cm³/mol. The van der Waals surface area contributed by atoms with E-state index in [1.807, 2.05) is 0 Å². The van der Waals surface area contributed by atoms with Gasteiger partial charge in [-0.05, 0) is 0 Å². The van der Waals surface area contributed by atoms with E-state index < -0.39 is 241 Å². The van der Waals surface area contributed by atoms with Crippen molar-refractivity contribution in [2.75, 3.05) is 52.8 Å². The first-order valence-corrected chi connectivity index (χ1v) is 25.3. The van der Waals surface area contributed by atoms with Gasteiger partial charge in [0, 0.05) is 27.3 Å². The third-order valence-corrected chi connectivity index (χ3v) is 14.0. The van der Waals surface area contributed by atoms with E-state index >= 15 is 0 Å². The maximum atomic E-state index is 12.6. The van der Waals surface area contributed by atoms with Crippen LogP contribution in [-0.2, 0) is 71.2 Å². The van der Waals surface area contributed by atoms with Gasteiger partial charge in [0.25, 0.3) is 0 Å². The molecular formula is C44H76N4O31. The quantitative estimate of drug-likeness (QED) is 0.0479. The van der Waals surface area contributed by atoms with Gasteiger partial charge in [-0.1, -0.05) is 0 Å². The molecule has 6 saturated heterocycles. The lowest BCUT2D eigenvalue weighted by atomic mass is 9.93. The molecule has 3 amide bonds. The highest BCUT2D eigenvalue weighted by molar-refractivity contribution is 5.74. The second-order valence-electron chi connectivity index (χ2n) is 19.6. The number of hydrogen-bond donors (Lipinski definition) is 20. The molecular weight excluding hydrogens is 1080 g/mol. The number of aliphatic hydroxyl groups is 16. The van der Waals surface area contributed by atoms with Crippen molar-refractivity contribution in [1.82, 2.24) is 16.0 Å². The molecule has 35 nitrogen and oxygen atoms in total. The average molecular weight is 1160 g/mol. The Kier molecular flexibility index (Phi) is 24.2. The summed E-state index contributed by atoms with van der Waals surface area (Å²) in [5.41, 5.74) is 5.55. The van der Waals surface area contributed by atoms with Crippen molar-refractivity contribution in [3.63, 3.8) is 0 Å². The average Bonchev–Trinajstić information content (AvgIpc) is 3.54. The van der Waals surface area contributed by atoms with Crippen LogP contribution in [0.15, 0.2) is 0 Å². The van der Waals surface area contributed by atoms with Gasteiger partial charge in [-0.15, -0.1) is 0 Å². The maximum Gasteiger partial charge on any atom is 0.217 e. The third-order valence-electron chi connectivity index (χ3n) is 14.0. The lowest BCUT2D eigenvalue weighted by Crippen LogP contribution is -2.71. The van der Waals surface area contributed by atoms with Crippen LogP contribution < -0.4 is 21.7 Å². The van der Waals surface area contributed by atoms with Gasteiger partial charge < -0.3 is 160 Å². The fourth-order valence-electron chi connectivity index (χ4n) is 10.0. The molecule has 0 aromatic rings. The Morgan fingerprint density at radius 3 is 1.08 bits per heavy atom. The fraction of sp³-hybridized carbons (Fsp3) is 0.932. The van der Waals surface area contributed by atoms with Gasteiger partial charge in [0.05, 0.1) is 46.2 Å². The zero-order valence-corrected chi connectivity index (χ0v) is 42.8. The van der Waals surface area contributed by atoms with Crippen LogP contribution in [0.25, 0.3) is 0 Å². The molecule has 0 aromatic carbocycles. The number of aliphatic hydroxyl groups excluding tert-OH is 16. The topological polar surface area (TPSA) is 548 Å². The van der Waals surface area contributed by atoms with E-state index in [-0.39, 0.29) is 13.2 Å². The van der Waals surface area contributed by atoms with E-state index in [1.165, 1.54) is 0 Å². The molecule has 0 radical (unpaired) electrons. The summed E-state index contributed by atoms with van der Waals surface area (Å²) in [7, 11) is 0. The minimum absolute atomic E-state index is 0.00713. The molecule has 79 heavy (non-hydrogen) atoms. The van der Waals surface area contributed by atoms with Crippen LogP contribution in [-0.4, -0.2) is 336 Å². The van der Waals surface area contributed by atoms with Crippen LogP contribution in [0.1, 0.15) is 20.8 Å². The Hall–Kier alpha value is -2.75. The van der Waals surface area contributed by atoms with Crippen LogP contribution in [0.3, 0.4) is 0 Å². The molecule has 6 aliphatic heterocycles. The molecule has 35 heteroatoms. The summed E-state index contributed by atoms with van der Waals surface area (Å²) in [6, 6.07) is -4.83. The largest absolute Gasteiger partial charge is 0.394 e. The van der Waals surface area contributed by atoms with E-state index in [9.17, 15) is 96.1 Å². The maximum absolute atomic E-state index is 12.6. The standard InChI is InChI=1S/C44H76N4O31/c1-12(55)46-21-27(61)34(18(9-52)72-39(21)68-5-4-45)75-40-22(47-13(2)56)28(62)36(20(11-54)73-40)77-43-33(67)37(26(60)17(8-51)70-43)78-44-38(31(65)25(59)16(7-50)71-44)79-41-23(48-14(3)57)29(63)35(19(10-53)74-41)76-42-32(66)30(64)24(58)15(6-49)69-42/h15-44,49-54,58-67H,4-11,45H2,1-3H3,(H,46,55)(H,47,56)(H,48,57)/t15?,16?,17?,18?,19?,20?,21?,22?,23?,24-,25+,26+,27+,28+,29+,30-,31?,32?,33?,34+,35+,36+,37-,38?,39+,40-,41-,42-,43-,44+/m0/s1. The molecule has 0 aromatic heterocycles. The molecule has 13 unspecified atom stereocenters. The SMILES string of the molecule is CC(=O)NC1[C@H](OCCN)OC(CO)[C@@H](O[C@@H]2OC(CO)[C@@H](O[C@@H]3OC(CO)[C@@H](O)[C@H](O[C@H]4OC(CO)[C@@H](O)C(O)C4O[C@@H]4OC(CO)[C@@H](O[C@@H]5OC(CO)[C@H](O)[C@H](O)C5O)[C@H](O)C4NC(C)=O)C3O)[C@H](O)C2NC(C)=O)[C@@H]1O. The van der Waals surface area contributed by atoms with Crippen LogP contribution >= 0.6 is 0 Å². The first kappa shape index (κ1) is 65.4. The molecule has 6 aliphatic rings.